The van der Waals surface area contributed by atoms with Gasteiger partial charge in [0.05, 0.1) is 6.54 Å². The van der Waals surface area contributed by atoms with Crippen molar-refractivity contribution < 1.29 is 0 Å². The highest BCUT2D eigenvalue weighted by Gasteiger charge is 2.05. The van der Waals surface area contributed by atoms with Crippen LogP contribution in [0.2, 0.25) is 0 Å². The van der Waals surface area contributed by atoms with Crippen LogP contribution in [0.5, 0.6) is 0 Å². The van der Waals surface area contributed by atoms with Gasteiger partial charge < -0.3 is 5.73 Å². The highest BCUT2D eigenvalue weighted by Crippen LogP contribution is 2.05. The van der Waals surface area contributed by atoms with Gasteiger partial charge in [0.2, 0.25) is 0 Å². The molecule has 17 heavy (non-hydrogen) atoms. The van der Waals surface area contributed by atoms with E-state index in [1.807, 2.05) is 24.6 Å². The maximum absolute atomic E-state index is 7.34. The molecule has 6 heteroatoms. The minimum absolute atomic E-state index is 0.0293. The summed E-state index contributed by atoms with van der Waals surface area (Å²) < 4.78 is 1.81. The summed E-state index contributed by atoms with van der Waals surface area (Å²) in [5, 5.41) is 11.6. The van der Waals surface area contributed by atoms with Gasteiger partial charge in [-0.25, -0.2) is 9.67 Å². The van der Waals surface area contributed by atoms with Crippen LogP contribution in [0.25, 0.3) is 0 Å². The van der Waals surface area contributed by atoms with Crippen molar-refractivity contribution in [2.24, 2.45) is 5.73 Å². The van der Waals surface area contributed by atoms with Gasteiger partial charge in [-0.05, 0) is 31.5 Å². The SMILES string of the molecule is Cc1nc(C)n(Cc2ccnc(C(=N)N)c2)n1. The number of aromatic nitrogens is 4. The molecule has 0 aliphatic heterocycles. The van der Waals surface area contributed by atoms with E-state index in [1.54, 1.807) is 12.3 Å². The highest BCUT2D eigenvalue weighted by molar-refractivity contribution is 5.93. The molecule has 0 aliphatic carbocycles. The van der Waals surface area contributed by atoms with Gasteiger partial charge in [0.25, 0.3) is 0 Å². The Morgan fingerprint density at radius 2 is 2.24 bits per heavy atom. The third kappa shape index (κ3) is 2.47. The minimum atomic E-state index is -0.0293. The van der Waals surface area contributed by atoms with Gasteiger partial charge in [0.15, 0.2) is 0 Å². The third-order valence-electron chi connectivity index (χ3n) is 2.40. The standard InChI is InChI=1S/C11H14N6/c1-7-15-8(2)17(16-7)6-9-3-4-14-10(5-9)11(12)13/h3-5H,6H2,1-2H3,(H3,12,13). The van der Waals surface area contributed by atoms with Crippen molar-refractivity contribution in [1.82, 2.24) is 19.7 Å². The van der Waals surface area contributed by atoms with Crippen molar-refractivity contribution in [3.05, 3.63) is 41.2 Å². The lowest BCUT2D eigenvalue weighted by molar-refractivity contribution is 0.655. The molecule has 0 unspecified atom stereocenters. The number of nitrogens with zero attached hydrogens (tertiary/aromatic N) is 4. The zero-order valence-corrected chi connectivity index (χ0v) is 9.81. The Balaban J connectivity index is 2.27. The molecule has 6 nitrogen and oxygen atoms in total. The topological polar surface area (TPSA) is 93.5 Å². The Bertz CT molecular complexity index is 557. The van der Waals surface area contributed by atoms with Gasteiger partial charge in [0, 0.05) is 6.20 Å². The first-order valence-electron chi connectivity index (χ1n) is 5.23. The van der Waals surface area contributed by atoms with Crippen molar-refractivity contribution in [3.63, 3.8) is 0 Å². The van der Waals surface area contributed by atoms with Crippen LogP contribution in [0.4, 0.5) is 0 Å². The second-order valence-corrected chi connectivity index (χ2v) is 3.83. The molecule has 0 spiro atoms. The molecule has 0 amide bonds. The Labute approximate surface area is 99.0 Å². The first-order valence-corrected chi connectivity index (χ1v) is 5.23. The smallest absolute Gasteiger partial charge is 0.147 e. The molecule has 0 atom stereocenters. The molecule has 0 radical (unpaired) electrons. The lowest BCUT2D eigenvalue weighted by Crippen LogP contribution is -2.14. The molecule has 88 valence electrons. The number of hydrogen-bond donors (Lipinski definition) is 2. The second-order valence-electron chi connectivity index (χ2n) is 3.83. The molecule has 0 aromatic carbocycles. The summed E-state index contributed by atoms with van der Waals surface area (Å²) in [6, 6.07) is 3.67. The Kier molecular flexibility index (Phi) is 2.86. The molecule has 2 aromatic rings. The molecule has 0 saturated carbocycles. The van der Waals surface area contributed by atoms with Gasteiger partial charge >= 0.3 is 0 Å². The number of nitrogen functional groups attached to an aromatic ring is 1. The molecule has 2 rings (SSSR count). The van der Waals surface area contributed by atoms with Crippen LogP contribution in [0.15, 0.2) is 18.3 Å². The number of nitrogens with two attached hydrogens (primary N) is 1. The molecule has 0 bridgehead atoms. The lowest BCUT2D eigenvalue weighted by Gasteiger charge is -2.04. The number of nitrogens with one attached hydrogen (secondary N) is 1. The van der Waals surface area contributed by atoms with Gasteiger partial charge in [-0.1, -0.05) is 0 Å². The molecule has 0 saturated heterocycles. The van der Waals surface area contributed by atoms with E-state index in [-0.39, 0.29) is 5.84 Å². The van der Waals surface area contributed by atoms with E-state index in [1.165, 1.54) is 0 Å². The minimum Gasteiger partial charge on any atom is -0.382 e. The van der Waals surface area contributed by atoms with E-state index in [0.717, 1.165) is 17.2 Å². The summed E-state index contributed by atoms with van der Waals surface area (Å²) in [7, 11) is 0. The van der Waals surface area contributed by atoms with Gasteiger partial charge in [-0.2, -0.15) is 5.10 Å². The number of amidine groups is 1. The van der Waals surface area contributed by atoms with Crippen LogP contribution in [0, 0.1) is 19.3 Å². The predicted octanol–water partition coefficient (Wildman–Crippen LogP) is 0.622. The third-order valence-corrected chi connectivity index (χ3v) is 2.40. The number of pyridine rings is 1. The predicted molar refractivity (Wildman–Crippen MR) is 63.9 cm³/mol. The molecular weight excluding hydrogens is 216 g/mol. The van der Waals surface area contributed by atoms with Crippen molar-refractivity contribution in [1.29, 1.82) is 5.41 Å². The van der Waals surface area contributed by atoms with E-state index >= 15 is 0 Å². The van der Waals surface area contributed by atoms with Crippen LogP contribution >= 0.6 is 0 Å². The highest BCUT2D eigenvalue weighted by atomic mass is 15.3. The fourth-order valence-corrected chi connectivity index (χ4v) is 1.60. The average molecular weight is 230 g/mol. The molecule has 2 aromatic heterocycles. The Morgan fingerprint density at radius 1 is 1.47 bits per heavy atom. The summed E-state index contributed by atoms with van der Waals surface area (Å²) in [6.45, 7) is 4.37. The van der Waals surface area contributed by atoms with Gasteiger partial charge in [-0.15, -0.1) is 0 Å². The normalized spacial score (nSPS) is 10.5. The van der Waals surface area contributed by atoms with Crippen molar-refractivity contribution >= 4 is 5.84 Å². The van der Waals surface area contributed by atoms with E-state index < -0.39 is 0 Å². The summed E-state index contributed by atoms with van der Waals surface area (Å²) in [5.74, 6) is 1.59. The van der Waals surface area contributed by atoms with Crippen LogP contribution < -0.4 is 5.73 Å². The number of rotatable bonds is 3. The Morgan fingerprint density at radius 3 is 2.82 bits per heavy atom. The average Bonchev–Trinajstić information content (AvgIpc) is 2.58. The summed E-state index contributed by atoms with van der Waals surface area (Å²) in [5.41, 5.74) is 6.88. The maximum Gasteiger partial charge on any atom is 0.147 e. The van der Waals surface area contributed by atoms with Gasteiger partial charge in [0.1, 0.15) is 23.2 Å². The fourth-order valence-electron chi connectivity index (χ4n) is 1.60. The quantitative estimate of drug-likeness (QED) is 0.597. The van der Waals surface area contributed by atoms with Crippen LogP contribution in [-0.4, -0.2) is 25.6 Å². The van der Waals surface area contributed by atoms with E-state index in [2.05, 4.69) is 15.1 Å². The molecule has 3 N–H and O–H groups in total. The summed E-state index contributed by atoms with van der Waals surface area (Å²) in [6.07, 6.45) is 1.64. The van der Waals surface area contributed by atoms with Gasteiger partial charge in [-0.3, -0.25) is 10.4 Å². The lowest BCUT2D eigenvalue weighted by atomic mass is 10.2. The van der Waals surface area contributed by atoms with Crippen molar-refractivity contribution in [2.75, 3.05) is 0 Å². The Hall–Kier alpha value is -2.24. The van der Waals surface area contributed by atoms with E-state index in [4.69, 9.17) is 11.1 Å². The maximum atomic E-state index is 7.34. The molecule has 0 fully saturated rings. The van der Waals surface area contributed by atoms with Crippen LogP contribution in [-0.2, 0) is 6.54 Å². The first-order chi connectivity index (χ1) is 8.06. The van der Waals surface area contributed by atoms with Crippen molar-refractivity contribution in [3.8, 4) is 0 Å². The first kappa shape index (κ1) is 11.3. The molecule has 2 heterocycles. The monoisotopic (exact) mass is 230 g/mol. The fraction of sp³-hybridized carbons (Fsp3) is 0.273. The molecule has 0 aliphatic rings. The summed E-state index contributed by atoms with van der Waals surface area (Å²) >= 11 is 0. The van der Waals surface area contributed by atoms with Crippen LogP contribution in [0.1, 0.15) is 22.9 Å². The van der Waals surface area contributed by atoms with E-state index in [9.17, 15) is 0 Å². The zero-order chi connectivity index (χ0) is 12.4. The molecular formula is C11H14N6. The largest absolute Gasteiger partial charge is 0.382 e. The second kappa shape index (κ2) is 4.32. The number of aryl methyl sites for hydroxylation is 2. The number of hydrogen-bond acceptors (Lipinski definition) is 4. The van der Waals surface area contributed by atoms with Crippen molar-refractivity contribution in [2.45, 2.75) is 20.4 Å². The van der Waals surface area contributed by atoms with Crippen LogP contribution in [0.3, 0.4) is 0 Å². The summed E-state index contributed by atoms with van der Waals surface area (Å²) in [4.78, 5) is 8.25. The van der Waals surface area contributed by atoms with E-state index in [0.29, 0.717) is 12.2 Å². The zero-order valence-electron chi connectivity index (χ0n) is 9.81.